The van der Waals surface area contributed by atoms with Gasteiger partial charge in [0, 0.05) is 33.4 Å². The van der Waals surface area contributed by atoms with E-state index in [-0.39, 0.29) is 30.1 Å². The average Bonchev–Trinajstić information content (AvgIpc) is 3.04. The number of hydrogen-bond donors (Lipinski definition) is 3. The summed E-state index contributed by atoms with van der Waals surface area (Å²) in [7, 11) is 1.72. The minimum absolute atomic E-state index is 0. The van der Waals surface area contributed by atoms with Crippen molar-refractivity contribution in [3.8, 4) is 0 Å². The van der Waals surface area contributed by atoms with Crippen LogP contribution in [-0.2, 0) is 14.2 Å². The molecule has 0 aliphatic carbocycles. The predicted octanol–water partition coefficient (Wildman–Crippen LogP) is 2.66. The molecular formula is C19H39IN4O4. The number of amides is 1. The Kier molecular flexibility index (Phi) is 13.0. The number of halogens is 1. The Balaban J connectivity index is 0.00000729. The third-order valence-electron chi connectivity index (χ3n) is 3.85. The van der Waals surface area contributed by atoms with E-state index in [1.807, 2.05) is 34.6 Å². The zero-order valence-electron chi connectivity index (χ0n) is 18.2. The molecule has 8 nitrogen and oxygen atoms in total. The van der Waals surface area contributed by atoms with Gasteiger partial charge in [-0.25, -0.2) is 4.79 Å². The average molecular weight is 514 g/mol. The van der Waals surface area contributed by atoms with Gasteiger partial charge >= 0.3 is 6.09 Å². The maximum atomic E-state index is 11.9. The van der Waals surface area contributed by atoms with Gasteiger partial charge in [0.05, 0.1) is 18.2 Å². The van der Waals surface area contributed by atoms with E-state index in [4.69, 9.17) is 14.2 Å². The molecule has 1 amide bonds. The number of guanidine groups is 1. The van der Waals surface area contributed by atoms with Crippen LogP contribution in [0, 0.1) is 0 Å². The lowest BCUT2D eigenvalue weighted by Crippen LogP contribution is -2.54. The standard InChI is InChI=1S/C19H38N4O4.HI/c1-18(2,3)27-17(24)23-19(4,5)14-22-16(20-6)21-10-8-11-25-13-15-9-7-12-26-15;/h15H,7-14H2,1-6H3,(H,23,24)(H2,20,21,22);1H. The highest BCUT2D eigenvalue weighted by Gasteiger charge is 2.24. The Morgan fingerprint density at radius 1 is 1.21 bits per heavy atom. The van der Waals surface area contributed by atoms with Gasteiger partial charge in [0.1, 0.15) is 5.60 Å². The van der Waals surface area contributed by atoms with Gasteiger partial charge in [0.2, 0.25) is 0 Å². The molecule has 0 bridgehead atoms. The van der Waals surface area contributed by atoms with Crippen LogP contribution in [0.2, 0.25) is 0 Å². The van der Waals surface area contributed by atoms with E-state index < -0.39 is 17.2 Å². The number of nitrogens with one attached hydrogen (secondary N) is 3. The van der Waals surface area contributed by atoms with Crippen molar-refractivity contribution in [3.63, 3.8) is 0 Å². The van der Waals surface area contributed by atoms with E-state index in [1.54, 1.807) is 7.05 Å². The first kappa shape index (κ1) is 27.2. The van der Waals surface area contributed by atoms with Crippen molar-refractivity contribution in [1.29, 1.82) is 0 Å². The predicted molar refractivity (Wildman–Crippen MR) is 123 cm³/mol. The van der Waals surface area contributed by atoms with Gasteiger partial charge in [0.25, 0.3) is 0 Å². The quantitative estimate of drug-likeness (QED) is 0.190. The lowest BCUT2D eigenvalue weighted by atomic mass is 10.1. The highest BCUT2D eigenvalue weighted by Crippen LogP contribution is 2.12. The Morgan fingerprint density at radius 3 is 2.50 bits per heavy atom. The van der Waals surface area contributed by atoms with Crippen LogP contribution in [0.25, 0.3) is 0 Å². The van der Waals surface area contributed by atoms with Crippen molar-refractivity contribution in [1.82, 2.24) is 16.0 Å². The summed E-state index contributed by atoms with van der Waals surface area (Å²) in [5.74, 6) is 0.688. The first-order valence-electron chi connectivity index (χ1n) is 9.76. The zero-order valence-corrected chi connectivity index (χ0v) is 20.6. The molecule has 0 saturated carbocycles. The third-order valence-corrected chi connectivity index (χ3v) is 3.85. The number of hydrogen-bond acceptors (Lipinski definition) is 5. The number of carbonyl (C=O) groups is 1. The molecule has 9 heteroatoms. The number of carbonyl (C=O) groups excluding carboxylic acids is 1. The van der Waals surface area contributed by atoms with Gasteiger partial charge in [-0.2, -0.15) is 0 Å². The summed E-state index contributed by atoms with van der Waals surface area (Å²) in [6, 6.07) is 0. The second-order valence-electron chi connectivity index (χ2n) is 8.43. The van der Waals surface area contributed by atoms with Crippen molar-refractivity contribution in [2.24, 2.45) is 4.99 Å². The van der Waals surface area contributed by atoms with Gasteiger partial charge in [-0.15, -0.1) is 24.0 Å². The third kappa shape index (κ3) is 13.4. The molecular weight excluding hydrogens is 475 g/mol. The molecule has 1 aliphatic rings. The smallest absolute Gasteiger partial charge is 0.408 e. The minimum Gasteiger partial charge on any atom is -0.444 e. The summed E-state index contributed by atoms with van der Waals surface area (Å²) in [5.41, 5.74) is -0.999. The maximum Gasteiger partial charge on any atom is 0.408 e. The molecule has 1 unspecified atom stereocenters. The Hall–Kier alpha value is -0.810. The topological polar surface area (TPSA) is 93.2 Å². The summed E-state index contributed by atoms with van der Waals surface area (Å²) in [6.45, 7) is 12.9. The van der Waals surface area contributed by atoms with Gasteiger partial charge in [-0.3, -0.25) is 4.99 Å². The highest BCUT2D eigenvalue weighted by molar-refractivity contribution is 14.0. The van der Waals surface area contributed by atoms with Crippen LogP contribution in [0.1, 0.15) is 53.9 Å². The van der Waals surface area contributed by atoms with Crippen molar-refractivity contribution < 1.29 is 19.0 Å². The van der Waals surface area contributed by atoms with Crippen molar-refractivity contribution in [3.05, 3.63) is 0 Å². The van der Waals surface area contributed by atoms with E-state index in [0.717, 1.165) is 32.4 Å². The molecule has 1 saturated heterocycles. The summed E-state index contributed by atoms with van der Waals surface area (Å²) in [6.07, 6.45) is 2.96. The van der Waals surface area contributed by atoms with Crippen LogP contribution in [0.4, 0.5) is 4.79 Å². The lowest BCUT2D eigenvalue weighted by Gasteiger charge is -2.29. The molecule has 166 valence electrons. The Bertz CT molecular complexity index is 475. The summed E-state index contributed by atoms with van der Waals surface area (Å²) in [5, 5.41) is 9.33. The number of rotatable bonds is 9. The molecule has 1 rings (SSSR count). The molecule has 1 heterocycles. The normalized spacial score (nSPS) is 17.6. The van der Waals surface area contributed by atoms with Gasteiger partial charge < -0.3 is 30.2 Å². The second kappa shape index (κ2) is 13.4. The highest BCUT2D eigenvalue weighted by atomic mass is 127. The monoisotopic (exact) mass is 514 g/mol. The van der Waals surface area contributed by atoms with Crippen LogP contribution in [0.5, 0.6) is 0 Å². The molecule has 3 N–H and O–H groups in total. The van der Waals surface area contributed by atoms with Crippen molar-refractivity contribution >= 4 is 36.0 Å². The van der Waals surface area contributed by atoms with E-state index in [1.165, 1.54) is 0 Å². The van der Waals surface area contributed by atoms with Crippen molar-refractivity contribution in [2.45, 2.75) is 71.1 Å². The van der Waals surface area contributed by atoms with E-state index in [0.29, 0.717) is 25.7 Å². The van der Waals surface area contributed by atoms with Crippen LogP contribution < -0.4 is 16.0 Å². The molecule has 0 aromatic rings. The summed E-state index contributed by atoms with van der Waals surface area (Å²) >= 11 is 0. The molecule has 0 aromatic heterocycles. The fourth-order valence-electron chi connectivity index (χ4n) is 2.52. The van der Waals surface area contributed by atoms with E-state index in [2.05, 4.69) is 20.9 Å². The Morgan fingerprint density at radius 2 is 1.93 bits per heavy atom. The molecule has 1 aliphatic heterocycles. The van der Waals surface area contributed by atoms with Crippen LogP contribution in [0.15, 0.2) is 4.99 Å². The molecule has 0 spiro atoms. The first-order chi connectivity index (χ1) is 12.6. The van der Waals surface area contributed by atoms with E-state index >= 15 is 0 Å². The number of aliphatic imine (C=N–C) groups is 1. The van der Waals surface area contributed by atoms with Crippen LogP contribution >= 0.6 is 24.0 Å². The SMILES string of the molecule is CN=C(NCCCOCC1CCCO1)NCC(C)(C)NC(=O)OC(C)(C)C.I. The second-order valence-corrected chi connectivity index (χ2v) is 8.43. The fraction of sp³-hybridized carbons (Fsp3) is 0.895. The van der Waals surface area contributed by atoms with E-state index in [9.17, 15) is 4.79 Å². The first-order valence-corrected chi connectivity index (χ1v) is 9.76. The molecule has 1 fully saturated rings. The van der Waals surface area contributed by atoms with Crippen molar-refractivity contribution in [2.75, 3.05) is 40.0 Å². The van der Waals surface area contributed by atoms with Crippen LogP contribution in [-0.4, -0.2) is 69.3 Å². The lowest BCUT2D eigenvalue weighted by molar-refractivity contribution is 0.0168. The number of nitrogens with zero attached hydrogens (tertiary/aromatic N) is 1. The molecule has 0 aromatic carbocycles. The van der Waals surface area contributed by atoms with Crippen LogP contribution in [0.3, 0.4) is 0 Å². The minimum atomic E-state index is -0.517. The largest absolute Gasteiger partial charge is 0.444 e. The van der Waals surface area contributed by atoms with Gasteiger partial charge in [0.15, 0.2) is 5.96 Å². The Labute approximate surface area is 186 Å². The molecule has 1 atom stereocenters. The summed E-state index contributed by atoms with van der Waals surface area (Å²) < 4.78 is 16.5. The maximum absolute atomic E-state index is 11.9. The number of alkyl carbamates (subject to hydrolysis) is 1. The van der Waals surface area contributed by atoms with Gasteiger partial charge in [-0.05, 0) is 53.9 Å². The molecule has 28 heavy (non-hydrogen) atoms. The van der Waals surface area contributed by atoms with Gasteiger partial charge in [-0.1, -0.05) is 0 Å². The molecule has 0 radical (unpaired) electrons. The zero-order chi connectivity index (χ0) is 20.3. The fourth-order valence-corrected chi connectivity index (χ4v) is 2.52. The number of ether oxygens (including phenoxy) is 3. The summed E-state index contributed by atoms with van der Waals surface area (Å²) in [4.78, 5) is 16.1.